The lowest BCUT2D eigenvalue weighted by Crippen LogP contribution is -2.19. The first-order valence-corrected chi connectivity index (χ1v) is 8.61. The SMILES string of the molecule is CCOC(=O)C=C1CSC2=C(C(=O)OCC(C)C)C(C)CN12. The van der Waals surface area contributed by atoms with Crippen LogP contribution in [0.4, 0.5) is 0 Å². The molecule has 2 aliphatic rings. The standard InChI is InChI=1S/C16H23NO4S/c1-5-20-13(18)6-12-9-22-15-14(11(4)7-17(12)15)16(19)21-8-10(2)3/h6,10-11H,5,7-9H2,1-4H3. The molecule has 2 aliphatic heterocycles. The van der Waals surface area contributed by atoms with E-state index in [-0.39, 0.29) is 17.9 Å². The van der Waals surface area contributed by atoms with Gasteiger partial charge < -0.3 is 14.4 Å². The van der Waals surface area contributed by atoms with Crippen LogP contribution in [0.5, 0.6) is 0 Å². The summed E-state index contributed by atoms with van der Waals surface area (Å²) in [5, 5.41) is 0.928. The summed E-state index contributed by atoms with van der Waals surface area (Å²) in [6, 6.07) is 0. The lowest BCUT2D eigenvalue weighted by molar-refractivity contribution is -0.140. The predicted molar refractivity (Wildman–Crippen MR) is 85.9 cm³/mol. The third kappa shape index (κ3) is 3.66. The Bertz CT molecular complexity index is 524. The second-order valence-electron chi connectivity index (χ2n) is 5.90. The van der Waals surface area contributed by atoms with Gasteiger partial charge in [0.05, 0.1) is 23.8 Å². The average Bonchev–Trinajstić information content (AvgIpc) is 2.95. The van der Waals surface area contributed by atoms with Gasteiger partial charge in [0.2, 0.25) is 0 Å². The molecule has 0 bridgehead atoms. The van der Waals surface area contributed by atoms with Gasteiger partial charge in [-0.05, 0) is 12.8 Å². The number of fused-ring (bicyclic) bond motifs is 1. The molecule has 0 N–H and O–H groups in total. The highest BCUT2D eigenvalue weighted by Crippen LogP contribution is 2.44. The Hall–Kier alpha value is -1.43. The molecule has 0 spiro atoms. The van der Waals surface area contributed by atoms with E-state index in [9.17, 15) is 9.59 Å². The van der Waals surface area contributed by atoms with E-state index in [2.05, 4.69) is 0 Å². The zero-order valence-electron chi connectivity index (χ0n) is 13.5. The van der Waals surface area contributed by atoms with Gasteiger partial charge in [0.25, 0.3) is 0 Å². The molecule has 1 saturated heterocycles. The van der Waals surface area contributed by atoms with Crippen molar-refractivity contribution in [2.75, 3.05) is 25.5 Å². The van der Waals surface area contributed by atoms with Gasteiger partial charge in [-0.15, -0.1) is 11.8 Å². The molecule has 1 fully saturated rings. The quantitative estimate of drug-likeness (QED) is 0.572. The fourth-order valence-electron chi connectivity index (χ4n) is 2.48. The second-order valence-corrected chi connectivity index (χ2v) is 6.86. The molecule has 0 saturated carbocycles. The largest absolute Gasteiger partial charge is 0.463 e. The van der Waals surface area contributed by atoms with E-state index in [0.717, 1.165) is 16.3 Å². The fraction of sp³-hybridized carbons (Fsp3) is 0.625. The predicted octanol–water partition coefficient (Wildman–Crippen LogP) is 2.54. The molecule has 2 heterocycles. The summed E-state index contributed by atoms with van der Waals surface area (Å²) in [5.41, 5.74) is 1.63. The van der Waals surface area contributed by atoms with E-state index < -0.39 is 0 Å². The Kier molecular flexibility index (Phi) is 5.56. The van der Waals surface area contributed by atoms with E-state index in [4.69, 9.17) is 9.47 Å². The first kappa shape index (κ1) is 16.9. The maximum absolute atomic E-state index is 12.3. The molecule has 6 heteroatoms. The molecule has 1 atom stereocenters. The van der Waals surface area contributed by atoms with Gasteiger partial charge in [0, 0.05) is 30.0 Å². The van der Waals surface area contributed by atoms with Crippen molar-refractivity contribution < 1.29 is 19.1 Å². The number of hydrogen-bond acceptors (Lipinski definition) is 6. The van der Waals surface area contributed by atoms with Crippen LogP contribution in [-0.2, 0) is 19.1 Å². The van der Waals surface area contributed by atoms with Crippen molar-refractivity contribution in [2.24, 2.45) is 11.8 Å². The fourth-order valence-corrected chi connectivity index (χ4v) is 3.79. The van der Waals surface area contributed by atoms with Crippen LogP contribution in [0.3, 0.4) is 0 Å². The summed E-state index contributed by atoms with van der Waals surface area (Å²) in [7, 11) is 0. The summed E-state index contributed by atoms with van der Waals surface area (Å²) in [4.78, 5) is 26.0. The van der Waals surface area contributed by atoms with Gasteiger partial charge in [0.15, 0.2) is 0 Å². The van der Waals surface area contributed by atoms with Crippen LogP contribution >= 0.6 is 11.8 Å². The molecule has 22 heavy (non-hydrogen) atoms. The molecule has 0 aliphatic carbocycles. The Labute approximate surface area is 135 Å². The molecule has 5 nitrogen and oxygen atoms in total. The van der Waals surface area contributed by atoms with Crippen LogP contribution in [-0.4, -0.2) is 42.3 Å². The Balaban J connectivity index is 2.14. The summed E-state index contributed by atoms with van der Waals surface area (Å²) >= 11 is 1.58. The van der Waals surface area contributed by atoms with E-state index in [1.54, 1.807) is 18.7 Å². The molecular formula is C16H23NO4S. The molecule has 0 aromatic heterocycles. The van der Waals surface area contributed by atoms with E-state index in [1.807, 2.05) is 25.7 Å². The monoisotopic (exact) mass is 325 g/mol. The molecule has 1 unspecified atom stereocenters. The second kappa shape index (κ2) is 7.22. The smallest absolute Gasteiger partial charge is 0.337 e. The molecule has 0 radical (unpaired) electrons. The van der Waals surface area contributed by atoms with Crippen LogP contribution in [0.15, 0.2) is 22.4 Å². The lowest BCUT2D eigenvalue weighted by Gasteiger charge is -2.15. The number of carbonyl (C=O) groups is 2. The highest BCUT2D eigenvalue weighted by atomic mass is 32.2. The topological polar surface area (TPSA) is 55.8 Å². The molecule has 122 valence electrons. The Morgan fingerprint density at radius 3 is 2.77 bits per heavy atom. The maximum Gasteiger partial charge on any atom is 0.337 e. The number of hydrogen-bond donors (Lipinski definition) is 0. The van der Waals surface area contributed by atoms with Crippen LogP contribution in [0, 0.1) is 11.8 Å². The van der Waals surface area contributed by atoms with E-state index in [1.165, 1.54) is 6.08 Å². The highest BCUT2D eigenvalue weighted by Gasteiger charge is 2.39. The summed E-state index contributed by atoms with van der Waals surface area (Å²) in [6.07, 6.45) is 1.53. The zero-order valence-corrected chi connectivity index (χ0v) is 14.4. The van der Waals surface area contributed by atoms with Gasteiger partial charge in [-0.1, -0.05) is 20.8 Å². The van der Waals surface area contributed by atoms with E-state index in [0.29, 0.717) is 31.4 Å². The zero-order chi connectivity index (χ0) is 16.3. The normalized spacial score (nSPS) is 22.5. The van der Waals surface area contributed by atoms with Crippen molar-refractivity contribution in [3.63, 3.8) is 0 Å². The Morgan fingerprint density at radius 1 is 1.41 bits per heavy atom. The lowest BCUT2D eigenvalue weighted by atomic mass is 10.1. The van der Waals surface area contributed by atoms with Crippen molar-refractivity contribution in [3.8, 4) is 0 Å². The first-order valence-electron chi connectivity index (χ1n) is 7.63. The average molecular weight is 325 g/mol. The molecular weight excluding hydrogens is 302 g/mol. The van der Waals surface area contributed by atoms with Crippen LogP contribution in [0.1, 0.15) is 27.7 Å². The van der Waals surface area contributed by atoms with Gasteiger partial charge >= 0.3 is 11.9 Å². The van der Waals surface area contributed by atoms with Crippen molar-refractivity contribution in [2.45, 2.75) is 27.7 Å². The van der Waals surface area contributed by atoms with Crippen LogP contribution in [0.2, 0.25) is 0 Å². The van der Waals surface area contributed by atoms with Crippen molar-refractivity contribution in [1.29, 1.82) is 0 Å². The van der Waals surface area contributed by atoms with Crippen molar-refractivity contribution in [1.82, 2.24) is 4.90 Å². The minimum absolute atomic E-state index is 0.105. The highest BCUT2D eigenvalue weighted by molar-refractivity contribution is 8.03. The summed E-state index contributed by atoms with van der Waals surface area (Å²) in [6.45, 7) is 9.32. The van der Waals surface area contributed by atoms with Gasteiger partial charge in [-0.3, -0.25) is 0 Å². The molecule has 0 aromatic carbocycles. The van der Waals surface area contributed by atoms with Crippen molar-refractivity contribution in [3.05, 3.63) is 22.4 Å². The summed E-state index contributed by atoms with van der Waals surface area (Å²) < 4.78 is 10.3. The third-order valence-corrected chi connectivity index (χ3v) is 4.62. The van der Waals surface area contributed by atoms with Crippen LogP contribution in [0.25, 0.3) is 0 Å². The third-order valence-electron chi connectivity index (χ3n) is 3.47. The minimum atomic E-state index is -0.331. The first-order chi connectivity index (χ1) is 10.4. The maximum atomic E-state index is 12.3. The number of carbonyl (C=O) groups excluding carboxylic acids is 2. The van der Waals surface area contributed by atoms with E-state index >= 15 is 0 Å². The number of esters is 2. The minimum Gasteiger partial charge on any atom is -0.463 e. The summed E-state index contributed by atoms with van der Waals surface area (Å²) in [5.74, 6) is 0.541. The number of nitrogens with zero attached hydrogens (tertiary/aromatic N) is 1. The van der Waals surface area contributed by atoms with Gasteiger partial charge in [-0.2, -0.15) is 0 Å². The van der Waals surface area contributed by atoms with Crippen LogP contribution < -0.4 is 0 Å². The number of ether oxygens (including phenoxy) is 2. The van der Waals surface area contributed by atoms with Gasteiger partial charge in [0.1, 0.15) is 0 Å². The number of thioether (sulfide) groups is 1. The molecule has 2 rings (SSSR count). The van der Waals surface area contributed by atoms with Crippen molar-refractivity contribution >= 4 is 23.7 Å². The number of rotatable bonds is 5. The molecule has 0 aromatic rings. The molecule has 0 amide bonds. The van der Waals surface area contributed by atoms with Gasteiger partial charge in [-0.25, -0.2) is 9.59 Å². The Morgan fingerprint density at radius 2 is 2.14 bits per heavy atom.